The Morgan fingerprint density at radius 1 is 1.35 bits per heavy atom. The van der Waals surface area contributed by atoms with Crippen molar-refractivity contribution in [1.29, 1.82) is 0 Å². The molecular weight excluding hydrogens is 210 g/mol. The molecule has 1 heterocycles. The number of unbranched alkanes of at least 4 members (excludes halogenated alkanes) is 1. The number of rotatable bonds is 5. The number of nitrogen functional groups attached to an aromatic ring is 1. The largest absolute Gasteiger partial charge is 0.384 e. The maximum atomic E-state index is 6.22. The molecule has 1 aliphatic rings. The van der Waals surface area contributed by atoms with Gasteiger partial charge < -0.3 is 5.73 Å². The standard InChI is InChI=1S/C14H25N3/c1-3-5-9-17-14(15)12-10-11(6-4-2)7-8-13(12)16-17/h11H,3-10,15H2,1-2H3. The molecule has 0 bridgehead atoms. The number of anilines is 1. The molecule has 3 heteroatoms. The van der Waals surface area contributed by atoms with Gasteiger partial charge in [0.25, 0.3) is 0 Å². The van der Waals surface area contributed by atoms with E-state index in [9.17, 15) is 0 Å². The van der Waals surface area contributed by atoms with Gasteiger partial charge in [0.2, 0.25) is 0 Å². The zero-order valence-corrected chi connectivity index (χ0v) is 11.2. The monoisotopic (exact) mass is 235 g/mol. The molecule has 2 rings (SSSR count). The predicted molar refractivity (Wildman–Crippen MR) is 72.0 cm³/mol. The summed E-state index contributed by atoms with van der Waals surface area (Å²) in [5, 5.41) is 4.67. The lowest BCUT2D eigenvalue weighted by Gasteiger charge is -2.20. The Morgan fingerprint density at radius 2 is 2.18 bits per heavy atom. The fourth-order valence-corrected chi connectivity index (χ4v) is 2.85. The third kappa shape index (κ3) is 2.64. The van der Waals surface area contributed by atoms with Gasteiger partial charge in [0.1, 0.15) is 5.82 Å². The van der Waals surface area contributed by atoms with Gasteiger partial charge in [0.15, 0.2) is 0 Å². The number of nitrogens with zero attached hydrogens (tertiary/aromatic N) is 2. The van der Waals surface area contributed by atoms with E-state index in [1.807, 2.05) is 4.68 Å². The summed E-state index contributed by atoms with van der Waals surface area (Å²) >= 11 is 0. The Morgan fingerprint density at radius 3 is 2.88 bits per heavy atom. The van der Waals surface area contributed by atoms with Crippen molar-refractivity contribution in [1.82, 2.24) is 9.78 Å². The fraction of sp³-hybridized carbons (Fsp3) is 0.786. The average Bonchev–Trinajstić information content (AvgIpc) is 2.64. The Balaban J connectivity index is 2.11. The molecule has 2 N–H and O–H groups in total. The van der Waals surface area contributed by atoms with E-state index in [0.717, 1.165) is 31.1 Å². The summed E-state index contributed by atoms with van der Waals surface area (Å²) in [5.74, 6) is 1.77. The number of hydrogen-bond donors (Lipinski definition) is 1. The third-order valence-corrected chi connectivity index (χ3v) is 3.88. The zero-order chi connectivity index (χ0) is 12.3. The molecule has 1 atom stereocenters. The second-order valence-corrected chi connectivity index (χ2v) is 5.28. The van der Waals surface area contributed by atoms with Crippen LogP contribution in [0.5, 0.6) is 0 Å². The quantitative estimate of drug-likeness (QED) is 0.852. The molecule has 0 amide bonds. The summed E-state index contributed by atoms with van der Waals surface area (Å²) in [5.41, 5.74) is 8.85. The van der Waals surface area contributed by atoms with Crippen molar-refractivity contribution >= 4 is 5.82 Å². The minimum Gasteiger partial charge on any atom is -0.384 e. The number of fused-ring (bicyclic) bond motifs is 1. The van der Waals surface area contributed by atoms with Crippen LogP contribution in [0.1, 0.15) is 57.2 Å². The van der Waals surface area contributed by atoms with E-state index in [-0.39, 0.29) is 0 Å². The van der Waals surface area contributed by atoms with Crippen LogP contribution in [0.4, 0.5) is 5.82 Å². The van der Waals surface area contributed by atoms with Crippen LogP contribution in [0.2, 0.25) is 0 Å². The molecule has 1 aliphatic carbocycles. The second-order valence-electron chi connectivity index (χ2n) is 5.28. The van der Waals surface area contributed by atoms with Crippen LogP contribution in [0, 0.1) is 5.92 Å². The van der Waals surface area contributed by atoms with Crippen LogP contribution in [0.3, 0.4) is 0 Å². The number of aromatic nitrogens is 2. The molecule has 1 aromatic rings. The summed E-state index contributed by atoms with van der Waals surface area (Å²) in [6, 6.07) is 0. The van der Waals surface area contributed by atoms with Crippen molar-refractivity contribution in [2.24, 2.45) is 5.92 Å². The molecule has 96 valence electrons. The minimum absolute atomic E-state index is 0.832. The van der Waals surface area contributed by atoms with E-state index in [4.69, 9.17) is 5.73 Å². The first-order valence-corrected chi connectivity index (χ1v) is 7.10. The van der Waals surface area contributed by atoms with Gasteiger partial charge in [-0.2, -0.15) is 5.10 Å². The highest BCUT2D eigenvalue weighted by Crippen LogP contribution is 2.31. The molecule has 0 aliphatic heterocycles. The molecular formula is C14H25N3. The van der Waals surface area contributed by atoms with E-state index in [2.05, 4.69) is 18.9 Å². The normalized spacial score (nSPS) is 19.3. The molecule has 17 heavy (non-hydrogen) atoms. The van der Waals surface area contributed by atoms with Gasteiger partial charge in [0.05, 0.1) is 5.69 Å². The van der Waals surface area contributed by atoms with Crippen molar-refractivity contribution < 1.29 is 0 Å². The fourth-order valence-electron chi connectivity index (χ4n) is 2.85. The maximum absolute atomic E-state index is 6.22. The van der Waals surface area contributed by atoms with Gasteiger partial charge in [-0.1, -0.05) is 33.1 Å². The highest BCUT2D eigenvalue weighted by Gasteiger charge is 2.24. The van der Waals surface area contributed by atoms with E-state index in [0.29, 0.717) is 0 Å². The van der Waals surface area contributed by atoms with Crippen molar-refractivity contribution in [3.8, 4) is 0 Å². The Bertz CT molecular complexity index is 368. The Hall–Kier alpha value is -0.990. The highest BCUT2D eigenvalue weighted by atomic mass is 15.3. The van der Waals surface area contributed by atoms with Crippen molar-refractivity contribution in [2.75, 3.05) is 5.73 Å². The highest BCUT2D eigenvalue weighted by molar-refractivity contribution is 5.45. The summed E-state index contributed by atoms with van der Waals surface area (Å²) in [6.07, 6.45) is 8.56. The van der Waals surface area contributed by atoms with Gasteiger partial charge in [-0.3, -0.25) is 0 Å². The van der Waals surface area contributed by atoms with Gasteiger partial charge >= 0.3 is 0 Å². The van der Waals surface area contributed by atoms with Crippen molar-refractivity contribution in [3.63, 3.8) is 0 Å². The zero-order valence-electron chi connectivity index (χ0n) is 11.2. The van der Waals surface area contributed by atoms with Crippen LogP contribution >= 0.6 is 0 Å². The van der Waals surface area contributed by atoms with Gasteiger partial charge in [-0.05, 0) is 31.6 Å². The Labute approximate surface area is 104 Å². The first kappa shape index (κ1) is 12.5. The van der Waals surface area contributed by atoms with Crippen molar-refractivity contribution in [2.45, 2.75) is 65.3 Å². The first-order valence-electron chi connectivity index (χ1n) is 7.10. The maximum Gasteiger partial charge on any atom is 0.125 e. The van der Waals surface area contributed by atoms with Gasteiger partial charge in [0, 0.05) is 12.1 Å². The van der Waals surface area contributed by atoms with Crippen molar-refractivity contribution in [3.05, 3.63) is 11.3 Å². The molecule has 1 unspecified atom stereocenters. The van der Waals surface area contributed by atoms with Crippen LogP contribution in [0.25, 0.3) is 0 Å². The molecule has 0 spiro atoms. The van der Waals surface area contributed by atoms with E-state index >= 15 is 0 Å². The number of aryl methyl sites for hydroxylation is 2. The molecule has 0 aromatic carbocycles. The molecule has 0 radical (unpaired) electrons. The lowest BCUT2D eigenvalue weighted by Crippen LogP contribution is -2.14. The summed E-state index contributed by atoms with van der Waals surface area (Å²) in [4.78, 5) is 0. The van der Waals surface area contributed by atoms with E-state index < -0.39 is 0 Å². The second kappa shape index (κ2) is 5.56. The van der Waals surface area contributed by atoms with Crippen LogP contribution in [-0.4, -0.2) is 9.78 Å². The predicted octanol–water partition coefficient (Wildman–Crippen LogP) is 3.17. The molecule has 0 saturated heterocycles. The minimum atomic E-state index is 0.832. The average molecular weight is 235 g/mol. The molecule has 0 saturated carbocycles. The number of nitrogens with two attached hydrogens (primary N) is 1. The SMILES string of the molecule is CCCCn1nc2c(c1N)CC(CCC)CC2. The molecule has 3 nitrogen and oxygen atoms in total. The van der Waals surface area contributed by atoms with E-state index in [1.54, 1.807) is 0 Å². The summed E-state index contributed by atoms with van der Waals surface area (Å²) < 4.78 is 2.03. The first-order chi connectivity index (χ1) is 8.26. The topological polar surface area (TPSA) is 43.8 Å². The lowest BCUT2D eigenvalue weighted by molar-refractivity contribution is 0.420. The molecule has 1 aromatic heterocycles. The Kier molecular flexibility index (Phi) is 4.08. The number of hydrogen-bond acceptors (Lipinski definition) is 2. The van der Waals surface area contributed by atoms with E-state index in [1.165, 1.54) is 43.4 Å². The summed E-state index contributed by atoms with van der Waals surface area (Å²) in [7, 11) is 0. The van der Waals surface area contributed by atoms with Gasteiger partial charge in [-0.15, -0.1) is 0 Å². The molecule has 0 fully saturated rings. The third-order valence-electron chi connectivity index (χ3n) is 3.88. The smallest absolute Gasteiger partial charge is 0.125 e. The van der Waals surface area contributed by atoms with Crippen LogP contribution in [-0.2, 0) is 19.4 Å². The lowest BCUT2D eigenvalue weighted by atomic mass is 9.85. The van der Waals surface area contributed by atoms with Crippen LogP contribution in [0.15, 0.2) is 0 Å². The van der Waals surface area contributed by atoms with Crippen LogP contribution < -0.4 is 5.73 Å². The van der Waals surface area contributed by atoms with Gasteiger partial charge in [-0.25, -0.2) is 4.68 Å². The summed E-state index contributed by atoms with van der Waals surface area (Å²) in [6.45, 7) is 5.45.